The Morgan fingerprint density at radius 3 is 3.00 bits per heavy atom. The summed E-state index contributed by atoms with van der Waals surface area (Å²) in [4.78, 5) is 11.8. The predicted octanol–water partition coefficient (Wildman–Crippen LogP) is 1.99. The van der Waals surface area contributed by atoms with Crippen molar-refractivity contribution in [3.63, 3.8) is 0 Å². The van der Waals surface area contributed by atoms with Crippen molar-refractivity contribution in [1.82, 2.24) is 5.32 Å². The highest BCUT2D eigenvalue weighted by atomic mass is 16.5. The van der Waals surface area contributed by atoms with Crippen LogP contribution in [-0.2, 0) is 4.74 Å². The number of carbonyl (C=O) groups excluding carboxylic acids is 1. The van der Waals surface area contributed by atoms with Gasteiger partial charge in [-0.25, -0.2) is 4.79 Å². The second-order valence-corrected chi connectivity index (χ2v) is 4.30. The molecule has 1 atom stereocenters. The molecule has 1 aliphatic heterocycles. The summed E-state index contributed by atoms with van der Waals surface area (Å²) in [5.74, 6) is 0.293. The Kier molecular flexibility index (Phi) is 4.59. The highest BCUT2D eigenvalue weighted by molar-refractivity contribution is 5.92. The predicted molar refractivity (Wildman–Crippen MR) is 68.9 cm³/mol. The maximum Gasteiger partial charge on any atom is 0.341 e. The monoisotopic (exact) mass is 249 g/mol. The average Bonchev–Trinajstić information content (AvgIpc) is 2.41. The van der Waals surface area contributed by atoms with Crippen LogP contribution in [-0.4, -0.2) is 31.8 Å². The van der Waals surface area contributed by atoms with Gasteiger partial charge >= 0.3 is 5.97 Å². The number of piperidine rings is 1. The average molecular weight is 249 g/mol. The second-order valence-electron chi connectivity index (χ2n) is 4.30. The molecule has 4 nitrogen and oxygen atoms in total. The van der Waals surface area contributed by atoms with Gasteiger partial charge < -0.3 is 14.8 Å². The molecular formula is C14H19NO3. The van der Waals surface area contributed by atoms with Crippen LogP contribution in [0.15, 0.2) is 24.3 Å². The molecule has 0 aliphatic carbocycles. The van der Waals surface area contributed by atoms with E-state index in [1.54, 1.807) is 13.0 Å². The van der Waals surface area contributed by atoms with Gasteiger partial charge in [-0.15, -0.1) is 0 Å². The third kappa shape index (κ3) is 3.23. The molecule has 0 amide bonds. The van der Waals surface area contributed by atoms with Gasteiger partial charge in [0, 0.05) is 6.54 Å². The van der Waals surface area contributed by atoms with E-state index in [0.717, 1.165) is 25.9 Å². The Morgan fingerprint density at radius 2 is 2.28 bits per heavy atom. The Balaban J connectivity index is 2.08. The maximum absolute atomic E-state index is 11.8. The van der Waals surface area contributed by atoms with Crippen LogP contribution in [0.4, 0.5) is 0 Å². The molecule has 0 saturated carbocycles. The van der Waals surface area contributed by atoms with Gasteiger partial charge in [0.05, 0.1) is 6.61 Å². The fraction of sp³-hybridized carbons (Fsp3) is 0.500. The third-order valence-electron chi connectivity index (χ3n) is 2.93. The smallest absolute Gasteiger partial charge is 0.341 e. The Hall–Kier alpha value is -1.55. The van der Waals surface area contributed by atoms with Crippen LogP contribution < -0.4 is 10.1 Å². The maximum atomic E-state index is 11.8. The van der Waals surface area contributed by atoms with Crippen LogP contribution in [0.2, 0.25) is 0 Å². The third-order valence-corrected chi connectivity index (χ3v) is 2.93. The van der Waals surface area contributed by atoms with Crippen molar-refractivity contribution >= 4 is 5.97 Å². The first kappa shape index (κ1) is 12.9. The highest BCUT2D eigenvalue weighted by Crippen LogP contribution is 2.22. The van der Waals surface area contributed by atoms with Crippen molar-refractivity contribution in [3.05, 3.63) is 29.8 Å². The zero-order valence-corrected chi connectivity index (χ0v) is 10.6. The van der Waals surface area contributed by atoms with Gasteiger partial charge in [0.25, 0.3) is 0 Å². The van der Waals surface area contributed by atoms with E-state index in [9.17, 15) is 4.79 Å². The lowest BCUT2D eigenvalue weighted by molar-refractivity contribution is 0.0517. The van der Waals surface area contributed by atoms with Crippen LogP contribution in [0.25, 0.3) is 0 Å². The fourth-order valence-corrected chi connectivity index (χ4v) is 2.05. The van der Waals surface area contributed by atoms with E-state index < -0.39 is 0 Å². The molecule has 1 aromatic rings. The zero-order chi connectivity index (χ0) is 12.8. The van der Waals surface area contributed by atoms with E-state index in [-0.39, 0.29) is 12.1 Å². The molecular weight excluding hydrogens is 230 g/mol. The molecule has 0 bridgehead atoms. The summed E-state index contributed by atoms with van der Waals surface area (Å²) < 4.78 is 10.9. The van der Waals surface area contributed by atoms with E-state index >= 15 is 0 Å². The summed E-state index contributed by atoms with van der Waals surface area (Å²) in [5, 5.41) is 3.29. The van der Waals surface area contributed by atoms with Crippen LogP contribution in [0, 0.1) is 0 Å². The molecule has 98 valence electrons. The number of nitrogens with one attached hydrogen (secondary N) is 1. The minimum atomic E-state index is -0.322. The van der Waals surface area contributed by atoms with Gasteiger partial charge in [0.2, 0.25) is 0 Å². The Bertz CT molecular complexity index is 400. The van der Waals surface area contributed by atoms with E-state index in [1.807, 2.05) is 18.2 Å². The van der Waals surface area contributed by atoms with Gasteiger partial charge in [-0.05, 0) is 38.4 Å². The van der Waals surface area contributed by atoms with Gasteiger partial charge in [0.15, 0.2) is 0 Å². The number of benzene rings is 1. The lowest BCUT2D eigenvalue weighted by atomic mass is 10.1. The van der Waals surface area contributed by atoms with Crippen molar-refractivity contribution in [1.29, 1.82) is 0 Å². The molecule has 1 aliphatic rings. The zero-order valence-electron chi connectivity index (χ0n) is 10.6. The van der Waals surface area contributed by atoms with Crippen molar-refractivity contribution in [2.45, 2.75) is 25.9 Å². The number of esters is 1. The topological polar surface area (TPSA) is 47.6 Å². The van der Waals surface area contributed by atoms with Crippen LogP contribution in [0.5, 0.6) is 5.75 Å². The lowest BCUT2D eigenvalue weighted by Gasteiger charge is -2.24. The highest BCUT2D eigenvalue weighted by Gasteiger charge is 2.18. The van der Waals surface area contributed by atoms with E-state index in [4.69, 9.17) is 9.47 Å². The van der Waals surface area contributed by atoms with Gasteiger partial charge in [-0.2, -0.15) is 0 Å². The molecule has 0 radical (unpaired) electrons. The van der Waals surface area contributed by atoms with Gasteiger partial charge in [0.1, 0.15) is 17.4 Å². The number of hydrogen-bond donors (Lipinski definition) is 1. The molecule has 1 aromatic carbocycles. The summed E-state index contributed by atoms with van der Waals surface area (Å²) >= 11 is 0. The van der Waals surface area contributed by atoms with Crippen LogP contribution in [0.1, 0.15) is 30.1 Å². The molecule has 1 saturated heterocycles. The fourth-order valence-electron chi connectivity index (χ4n) is 2.05. The van der Waals surface area contributed by atoms with Crippen molar-refractivity contribution in [3.8, 4) is 5.75 Å². The van der Waals surface area contributed by atoms with Gasteiger partial charge in [-0.3, -0.25) is 0 Å². The molecule has 1 heterocycles. The minimum Gasteiger partial charge on any atom is -0.488 e. The first-order valence-corrected chi connectivity index (χ1v) is 6.44. The number of hydrogen-bond acceptors (Lipinski definition) is 4. The molecule has 0 spiro atoms. The Labute approximate surface area is 107 Å². The summed E-state index contributed by atoms with van der Waals surface area (Å²) in [6, 6.07) is 7.25. The molecule has 0 unspecified atom stereocenters. The molecule has 0 aromatic heterocycles. The van der Waals surface area contributed by atoms with E-state index in [1.165, 1.54) is 0 Å². The summed E-state index contributed by atoms with van der Waals surface area (Å²) in [7, 11) is 0. The normalized spacial score (nSPS) is 19.3. The van der Waals surface area contributed by atoms with E-state index in [2.05, 4.69) is 5.32 Å². The van der Waals surface area contributed by atoms with Crippen molar-refractivity contribution in [2.75, 3.05) is 19.7 Å². The minimum absolute atomic E-state index is 0.134. The standard InChI is InChI=1S/C14H19NO3/c1-2-17-14(16)12-7-3-4-8-13(12)18-11-6-5-9-15-10-11/h3-4,7-8,11,15H,2,5-6,9-10H2,1H3/t11-/m1/s1. The van der Waals surface area contributed by atoms with Crippen molar-refractivity contribution in [2.24, 2.45) is 0 Å². The lowest BCUT2D eigenvalue weighted by Crippen LogP contribution is -2.37. The largest absolute Gasteiger partial charge is 0.488 e. The quantitative estimate of drug-likeness (QED) is 0.829. The molecule has 1 N–H and O–H groups in total. The first-order valence-electron chi connectivity index (χ1n) is 6.44. The molecule has 4 heteroatoms. The molecule has 1 fully saturated rings. The summed E-state index contributed by atoms with van der Waals surface area (Å²) in [5.41, 5.74) is 0.505. The van der Waals surface area contributed by atoms with Crippen LogP contribution >= 0.6 is 0 Å². The number of carbonyl (C=O) groups is 1. The molecule has 18 heavy (non-hydrogen) atoms. The second kappa shape index (κ2) is 6.40. The summed E-state index contributed by atoms with van der Waals surface area (Å²) in [6.07, 6.45) is 2.26. The van der Waals surface area contributed by atoms with Gasteiger partial charge in [-0.1, -0.05) is 12.1 Å². The number of ether oxygens (including phenoxy) is 2. The Morgan fingerprint density at radius 1 is 1.44 bits per heavy atom. The summed E-state index contributed by atoms with van der Waals surface area (Å²) in [6.45, 7) is 4.04. The SMILES string of the molecule is CCOC(=O)c1ccccc1O[C@@H]1CCCNC1. The number of para-hydroxylation sites is 1. The van der Waals surface area contributed by atoms with Crippen molar-refractivity contribution < 1.29 is 14.3 Å². The van der Waals surface area contributed by atoms with Crippen LogP contribution in [0.3, 0.4) is 0 Å². The first-order chi connectivity index (χ1) is 8.81. The van der Waals surface area contributed by atoms with E-state index in [0.29, 0.717) is 17.9 Å². The number of rotatable bonds is 4. The molecule has 2 rings (SSSR count).